The smallest absolute Gasteiger partial charge is 0.359 e. The number of aryl methyl sites for hydroxylation is 1. The molecule has 5 nitrogen and oxygen atoms in total. The van der Waals surface area contributed by atoms with Gasteiger partial charge in [-0.1, -0.05) is 0 Å². The van der Waals surface area contributed by atoms with Gasteiger partial charge < -0.3 is 9.84 Å². The minimum atomic E-state index is -0.510. The first-order valence-electron chi connectivity index (χ1n) is 5.56. The molecule has 1 N–H and O–H groups in total. The molecule has 0 fully saturated rings. The van der Waals surface area contributed by atoms with Crippen LogP contribution in [0.3, 0.4) is 0 Å². The molecule has 0 aromatic carbocycles. The van der Waals surface area contributed by atoms with Gasteiger partial charge in [0, 0.05) is 12.6 Å². The second kappa shape index (κ2) is 4.25. The SMILES string of the molecule is CCOC(=O)c1nn(C)c2c1CCCC2O. The number of aromatic nitrogens is 2. The zero-order valence-electron chi connectivity index (χ0n) is 9.56. The predicted octanol–water partition coefficient (Wildman–Crippen LogP) is 0.967. The molecule has 0 bridgehead atoms. The molecule has 0 saturated carbocycles. The minimum absolute atomic E-state index is 0.340. The van der Waals surface area contributed by atoms with Crippen LogP contribution in [0.4, 0.5) is 0 Å². The molecular formula is C11H16N2O3. The van der Waals surface area contributed by atoms with Gasteiger partial charge in [0.25, 0.3) is 0 Å². The Kier molecular flexibility index (Phi) is 2.96. The van der Waals surface area contributed by atoms with Gasteiger partial charge in [0.2, 0.25) is 0 Å². The first-order chi connectivity index (χ1) is 7.65. The number of nitrogens with zero attached hydrogens (tertiary/aromatic N) is 2. The fourth-order valence-corrected chi connectivity index (χ4v) is 2.22. The van der Waals surface area contributed by atoms with E-state index in [-0.39, 0.29) is 0 Å². The number of esters is 1. The number of hydrogen-bond acceptors (Lipinski definition) is 4. The number of ether oxygens (including phenoxy) is 1. The van der Waals surface area contributed by atoms with Crippen LogP contribution in [0.15, 0.2) is 0 Å². The normalized spacial score (nSPS) is 19.3. The molecule has 16 heavy (non-hydrogen) atoms. The zero-order chi connectivity index (χ0) is 11.7. The first-order valence-corrected chi connectivity index (χ1v) is 5.56. The molecule has 1 aromatic rings. The molecule has 1 aromatic heterocycles. The van der Waals surface area contributed by atoms with E-state index < -0.39 is 12.1 Å². The Bertz CT molecular complexity index is 412. The van der Waals surface area contributed by atoms with Crippen molar-refractivity contribution in [2.45, 2.75) is 32.3 Å². The first kappa shape index (κ1) is 11.1. The second-order valence-electron chi connectivity index (χ2n) is 3.96. The summed E-state index contributed by atoms with van der Waals surface area (Å²) in [6.07, 6.45) is 1.89. The summed E-state index contributed by atoms with van der Waals surface area (Å²) in [4.78, 5) is 11.7. The summed E-state index contributed by atoms with van der Waals surface area (Å²) >= 11 is 0. The highest BCUT2D eigenvalue weighted by molar-refractivity contribution is 5.89. The largest absolute Gasteiger partial charge is 0.461 e. The Morgan fingerprint density at radius 3 is 3.12 bits per heavy atom. The third-order valence-electron chi connectivity index (χ3n) is 2.88. The van der Waals surface area contributed by atoms with E-state index in [9.17, 15) is 9.90 Å². The van der Waals surface area contributed by atoms with E-state index in [2.05, 4.69) is 5.10 Å². The van der Waals surface area contributed by atoms with Gasteiger partial charge in [0.15, 0.2) is 5.69 Å². The molecule has 5 heteroatoms. The molecule has 0 amide bonds. The van der Waals surface area contributed by atoms with Crippen LogP contribution in [-0.4, -0.2) is 27.5 Å². The van der Waals surface area contributed by atoms with E-state index in [1.54, 1.807) is 18.7 Å². The van der Waals surface area contributed by atoms with Crippen molar-refractivity contribution in [3.63, 3.8) is 0 Å². The predicted molar refractivity (Wildman–Crippen MR) is 57.1 cm³/mol. The van der Waals surface area contributed by atoms with Crippen molar-refractivity contribution in [1.82, 2.24) is 9.78 Å². The third kappa shape index (κ3) is 1.71. The highest BCUT2D eigenvalue weighted by atomic mass is 16.5. The molecule has 1 atom stereocenters. The topological polar surface area (TPSA) is 64.3 Å². The highest BCUT2D eigenvalue weighted by Gasteiger charge is 2.29. The Hall–Kier alpha value is -1.36. The molecule has 0 saturated heterocycles. The van der Waals surface area contributed by atoms with E-state index in [0.717, 1.165) is 30.5 Å². The van der Waals surface area contributed by atoms with Gasteiger partial charge in [-0.25, -0.2) is 4.79 Å². The van der Waals surface area contributed by atoms with Crippen molar-refractivity contribution in [2.24, 2.45) is 7.05 Å². The van der Waals surface area contributed by atoms with Gasteiger partial charge in [0.1, 0.15) is 0 Å². The van der Waals surface area contributed by atoms with Crippen LogP contribution in [-0.2, 0) is 18.2 Å². The minimum Gasteiger partial charge on any atom is -0.461 e. The molecule has 2 rings (SSSR count). The van der Waals surface area contributed by atoms with Crippen LogP contribution in [0.5, 0.6) is 0 Å². The van der Waals surface area contributed by atoms with Crippen molar-refractivity contribution >= 4 is 5.97 Å². The van der Waals surface area contributed by atoms with Gasteiger partial charge in [-0.05, 0) is 26.2 Å². The van der Waals surface area contributed by atoms with Crippen LogP contribution in [0.25, 0.3) is 0 Å². The number of aliphatic hydroxyl groups excluding tert-OH is 1. The van der Waals surface area contributed by atoms with Crippen molar-refractivity contribution in [1.29, 1.82) is 0 Å². The molecule has 1 aliphatic rings. The fraction of sp³-hybridized carbons (Fsp3) is 0.636. The molecule has 0 aliphatic heterocycles. The number of rotatable bonds is 2. The molecule has 1 aliphatic carbocycles. The molecule has 0 radical (unpaired) electrons. The summed E-state index contributed by atoms with van der Waals surface area (Å²) in [7, 11) is 1.75. The van der Waals surface area contributed by atoms with Gasteiger partial charge in [-0.15, -0.1) is 0 Å². The lowest BCUT2D eigenvalue weighted by Gasteiger charge is -2.18. The molecular weight excluding hydrogens is 208 g/mol. The van der Waals surface area contributed by atoms with Gasteiger partial charge in [-0.3, -0.25) is 4.68 Å². The number of carbonyl (C=O) groups excluding carboxylic acids is 1. The summed E-state index contributed by atoms with van der Waals surface area (Å²) < 4.78 is 6.53. The van der Waals surface area contributed by atoms with E-state index >= 15 is 0 Å². The van der Waals surface area contributed by atoms with E-state index in [4.69, 9.17) is 4.74 Å². The summed E-state index contributed by atoms with van der Waals surface area (Å²) in [5.74, 6) is -0.395. The Balaban J connectivity index is 2.41. The van der Waals surface area contributed by atoms with Crippen molar-refractivity contribution < 1.29 is 14.6 Å². The maximum Gasteiger partial charge on any atom is 0.359 e. The summed E-state index contributed by atoms with van der Waals surface area (Å²) in [6, 6.07) is 0. The highest BCUT2D eigenvalue weighted by Crippen LogP contribution is 2.31. The Labute approximate surface area is 94.0 Å². The van der Waals surface area contributed by atoms with E-state index in [1.165, 1.54) is 0 Å². The van der Waals surface area contributed by atoms with Crippen LogP contribution in [0, 0.1) is 0 Å². The summed E-state index contributed by atoms with van der Waals surface area (Å²) in [5, 5.41) is 14.0. The van der Waals surface area contributed by atoms with Crippen molar-refractivity contribution in [2.75, 3.05) is 6.61 Å². The molecule has 88 valence electrons. The number of carbonyl (C=O) groups is 1. The lowest BCUT2D eigenvalue weighted by molar-refractivity contribution is 0.0517. The Morgan fingerprint density at radius 1 is 1.69 bits per heavy atom. The third-order valence-corrected chi connectivity index (χ3v) is 2.88. The average Bonchev–Trinajstić information content (AvgIpc) is 2.58. The van der Waals surface area contributed by atoms with Crippen LogP contribution in [0.2, 0.25) is 0 Å². The molecule has 1 heterocycles. The summed E-state index contributed by atoms with van der Waals surface area (Å²) in [5.41, 5.74) is 1.96. The summed E-state index contributed by atoms with van der Waals surface area (Å²) in [6.45, 7) is 2.11. The maximum atomic E-state index is 11.7. The van der Waals surface area contributed by atoms with Crippen LogP contribution in [0.1, 0.15) is 47.6 Å². The lowest BCUT2D eigenvalue weighted by atomic mass is 9.93. The van der Waals surface area contributed by atoms with Crippen molar-refractivity contribution in [3.05, 3.63) is 17.0 Å². The van der Waals surface area contributed by atoms with Gasteiger partial charge in [0.05, 0.1) is 18.4 Å². The van der Waals surface area contributed by atoms with Crippen LogP contribution >= 0.6 is 0 Å². The monoisotopic (exact) mass is 224 g/mol. The standard InChI is InChI=1S/C11H16N2O3/c1-3-16-11(15)9-7-5-4-6-8(14)10(7)13(2)12-9/h8,14H,3-6H2,1-2H3. The van der Waals surface area contributed by atoms with Crippen molar-refractivity contribution in [3.8, 4) is 0 Å². The molecule has 1 unspecified atom stereocenters. The van der Waals surface area contributed by atoms with Gasteiger partial charge in [-0.2, -0.15) is 5.10 Å². The number of fused-ring (bicyclic) bond motifs is 1. The quantitative estimate of drug-likeness (QED) is 0.760. The average molecular weight is 224 g/mol. The zero-order valence-corrected chi connectivity index (χ0v) is 9.56. The number of hydrogen-bond donors (Lipinski definition) is 1. The van der Waals surface area contributed by atoms with Gasteiger partial charge >= 0.3 is 5.97 Å². The van der Waals surface area contributed by atoms with E-state index in [0.29, 0.717) is 12.3 Å². The van der Waals surface area contributed by atoms with E-state index in [1.807, 2.05) is 0 Å². The van der Waals surface area contributed by atoms with Crippen LogP contribution < -0.4 is 0 Å². The fourth-order valence-electron chi connectivity index (χ4n) is 2.22. The second-order valence-corrected chi connectivity index (χ2v) is 3.96. The number of aliphatic hydroxyl groups is 1. The Morgan fingerprint density at radius 2 is 2.44 bits per heavy atom. The maximum absolute atomic E-state index is 11.7. The molecule has 0 spiro atoms. The lowest BCUT2D eigenvalue weighted by Crippen LogP contribution is -2.13.